The minimum absolute atomic E-state index is 0.0396. The van der Waals surface area contributed by atoms with Crippen molar-refractivity contribution < 1.29 is 14.3 Å². The van der Waals surface area contributed by atoms with Gasteiger partial charge in [-0.3, -0.25) is 9.59 Å². The largest absolute Gasteiger partial charge is 0.490 e. The van der Waals surface area contributed by atoms with Gasteiger partial charge in [-0.2, -0.15) is 10.5 Å². The molecule has 3 saturated carbocycles. The highest BCUT2D eigenvalue weighted by Gasteiger charge is 2.57. The Morgan fingerprint density at radius 1 is 0.920 bits per heavy atom. The number of hydrogen-bond acceptors (Lipinski definition) is 5. The molecule has 0 amide bonds. The molecule has 5 unspecified atom stereocenters. The second-order valence-electron chi connectivity index (χ2n) is 7.28. The van der Waals surface area contributed by atoms with Gasteiger partial charge in [0.25, 0.3) is 0 Å². The van der Waals surface area contributed by atoms with E-state index in [0.717, 1.165) is 25.7 Å². The molecule has 126 valence electrons. The number of Topliss-reactive ketones (excluding diaryl/α,β-unsaturated/α-hetero) is 2. The summed E-state index contributed by atoms with van der Waals surface area (Å²) in [6.45, 7) is 0. The molecule has 0 N–H and O–H groups in total. The number of rotatable bonds is 2. The van der Waals surface area contributed by atoms with Crippen molar-refractivity contribution in [1.82, 2.24) is 0 Å². The van der Waals surface area contributed by atoms with Crippen molar-refractivity contribution in [3.8, 4) is 17.9 Å². The molecule has 0 aliphatic heterocycles. The van der Waals surface area contributed by atoms with Crippen LogP contribution in [-0.2, 0) is 9.59 Å². The molecule has 0 heterocycles. The van der Waals surface area contributed by atoms with Gasteiger partial charge in [-0.05, 0) is 49.8 Å². The van der Waals surface area contributed by atoms with Crippen LogP contribution in [0.15, 0.2) is 18.2 Å². The van der Waals surface area contributed by atoms with Crippen molar-refractivity contribution in [2.45, 2.75) is 38.2 Å². The van der Waals surface area contributed by atoms with E-state index in [4.69, 9.17) is 10.00 Å². The first-order valence-corrected chi connectivity index (χ1v) is 8.83. The van der Waals surface area contributed by atoms with Gasteiger partial charge in [0.2, 0.25) is 11.6 Å². The summed E-state index contributed by atoms with van der Waals surface area (Å²) in [5.41, 5.74) is 0.643. The van der Waals surface area contributed by atoms with Gasteiger partial charge in [0, 0.05) is 17.8 Å². The fourth-order valence-corrected chi connectivity index (χ4v) is 5.10. The first-order valence-electron chi connectivity index (χ1n) is 8.83. The molecule has 0 saturated heterocycles. The molecular formula is C20H18N2O3. The van der Waals surface area contributed by atoms with Crippen LogP contribution in [0.4, 0.5) is 0 Å². The van der Waals surface area contributed by atoms with E-state index in [0.29, 0.717) is 23.3 Å². The highest BCUT2D eigenvalue weighted by Crippen LogP contribution is 2.52. The van der Waals surface area contributed by atoms with Crippen LogP contribution in [0.1, 0.15) is 43.2 Å². The number of benzene rings is 1. The first kappa shape index (κ1) is 15.8. The first-order chi connectivity index (χ1) is 12.1. The molecule has 3 fully saturated rings. The Hall–Kier alpha value is -2.66. The lowest BCUT2D eigenvalue weighted by Crippen LogP contribution is -2.44. The zero-order chi connectivity index (χ0) is 17.6. The molecule has 0 radical (unpaired) electrons. The molecule has 3 aliphatic rings. The molecule has 5 heteroatoms. The number of nitriles is 2. The molecule has 1 aromatic rings. The number of carbonyl (C=O) groups excluding carboxylic acids is 2. The highest BCUT2D eigenvalue weighted by molar-refractivity contribution is 6.41. The summed E-state index contributed by atoms with van der Waals surface area (Å²) in [5, 5.41) is 18.2. The van der Waals surface area contributed by atoms with Gasteiger partial charge >= 0.3 is 0 Å². The van der Waals surface area contributed by atoms with E-state index >= 15 is 0 Å². The second kappa shape index (κ2) is 6.01. The van der Waals surface area contributed by atoms with Gasteiger partial charge in [-0.25, -0.2) is 0 Å². The van der Waals surface area contributed by atoms with Crippen LogP contribution >= 0.6 is 0 Å². The van der Waals surface area contributed by atoms with E-state index < -0.39 is 0 Å². The smallest absolute Gasteiger partial charge is 0.202 e. The SMILES string of the molecule is N#Cc1ccc(OC2CCC3C(=O)C(=O)C4CCCC2C43)cc1C#N. The minimum Gasteiger partial charge on any atom is -0.490 e. The van der Waals surface area contributed by atoms with Crippen LogP contribution in [-0.4, -0.2) is 17.7 Å². The summed E-state index contributed by atoms with van der Waals surface area (Å²) in [6.07, 6.45) is 4.17. The van der Waals surface area contributed by atoms with Crippen molar-refractivity contribution in [2.75, 3.05) is 0 Å². The van der Waals surface area contributed by atoms with E-state index in [1.54, 1.807) is 18.2 Å². The summed E-state index contributed by atoms with van der Waals surface area (Å²) in [7, 11) is 0. The normalized spacial score (nSPS) is 33.3. The van der Waals surface area contributed by atoms with Gasteiger partial charge < -0.3 is 4.74 Å². The number of ether oxygens (including phenoxy) is 1. The Morgan fingerprint density at radius 2 is 1.64 bits per heavy atom. The third-order valence-corrected chi connectivity index (χ3v) is 6.15. The van der Waals surface area contributed by atoms with Gasteiger partial charge in [0.1, 0.15) is 24.0 Å². The van der Waals surface area contributed by atoms with Crippen molar-refractivity contribution in [3.05, 3.63) is 29.3 Å². The summed E-state index contributed by atoms with van der Waals surface area (Å²) in [6, 6.07) is 8.95. The lowest BCUT2D eigenvalue weighted by Gasteiger charge is -2.43. The lowest BCUT2D eigenvalue weighted by atomic mass is 9.63. The second-order valence-corrected chi connectivity index (χ2v) is 7.28. The summed E-state index contributed by atoms with van der Waals surface area (Å²) in [5.74, 6) is 0.375. The molecule has 0 bridgehead atoms. The fourth-order valence-electron chi connectivity index (χ4n) is 5.10. The highest BCUT2D eigenvalue weighted by atomic mass is 16.5. The Balaban J connectivity index is 1.59. The van der Waals surface area contributed by atoms with Crippen LogP contribution in [0, 0.1) is 46.3 Å². The van der Waals surface area contributed by atoms with Crippen molar-refractivity contribution in [2.24, 2.45) is 23.7 Å². The summed E-state index contributed by atoms with van der Waals surface area (Å²) in [4.78, 5) is 24.5. The molecule has 0 spiro atoms. The number of hydrogen-bond donors (Lipinski definition) is 0. The van der Waals surface area contributed by atoms with Crippen molar-refractivity contribution >= 4 is 11.6 Å². The summed E-state index contributed by atoms with van der Waals surface area (Å²) >= 11 is 0. The monoisotopic (exact) mass is 334 g/mol. The van der Waals surface area contributed by atoms with Crippen molar-refractivity contribution in [1.29, 1.82) is 10.5 Å². The third kappa shape index (κ3) is 2.43. The fraction of sp³-hybridized carbons (Fsp3) is 0.500. The van der Waals surface area contributed by atoms with E-state index in [2.05, 4.69) is 0 Å². The van der Waals surface area contributed by atoms with Gasteiger partial charge in [0.15, 0.2) is 0 Å². The standard InChI is InChI=1S/C20H18N2O3/c21-9-11-4-5-13(8-12(11)10-22)25-17-7-6-16-18-14(17)2-1-3-15(18)19(23)20(16)24/h4-5,8,14-18H,1-3,6-7H2. The van der Waals surface area contributed by atoms with Crippen LogP contribution in [0.3, 0.4) is 0 Å². The van der Waals surface area contributed by atoms with Crippen LogP contribution in [0.2, 0.25) is 0 Å². The van der Waals surface area contributed by atoms with E-state index in [-0.39, 0.29) is 41.3 Å². The molecule has 5 atom stereocenters. The topological polar surface area (TPSA) is 90.9 Å². The quantitative estimate of drug-likeness (QED) is 0.776. The summed E-state index contributed by atoms with van der Waals surface area (Å²) < 4.78 is 6.18. The predicted molar refractivity (Wildman–Crippen MR) is 87.3 cm³/mol. The zero-order valence-electron chi connectivity index (χ0n) is 13.8. The number of ketones is 2. The van der Waals surface area contributed by atoms with Crippen molar-refractivity contribution in [3.63, 3.8) is 0 Å². The molecule has 25 heavy (non-hydrogen) atoms. The molecule has 1 aromatic carbocycles. The molecule has 3 aliphatic carbocycles. The number of carbonyl (C=O) groups is 2. The maximum Gasteiger partial charge on any atom is 0.202 e. The average Bonchev–Trinajstić information content (AvgIpc) is 2.90. The van der Waals surface area contributed by atoms with E-state index in [1.165, 1.54) is 0 Å². The third-order valence-electron chi connectivity index (χ3n) is 6.15. The van der Waals surface area contributed by atoms with Crippen LogP contribution < -0.4 is 4.74 Å². The molecule has 4 rings (SSSR count). The number of nitrogens with zero attached hydrogens (tertiary/aromatic N) is 2. The Kier molecular flexibility index (Phi) is 3.81. The van der Waals surface area contributed by atoms with E-state index in [9.17, 15) is 14.9 Å². The van der Waals surface area contributed by atoms with Gasteiger partial charge in [0.05, 0.1) is 11.1 Å². The zero-order valence-corrected chi connectivity index (χ0v) is 13.8. The van der Waals surface area contributed by atoms with Gasteiger partial charge in [-0.15, -0.1) is 0 Å². The predicted octanol–water partition coefficient (Wildman–Crippen LogP) is 2.77. The lowest BCUT2D eigenvalue weighted by molar-refractivity contribution is -0.137. The molecular weight excluding hydrogens is 316 g/mol. The Morgan fingerprint density at radius 3 is 2.36 bits per heavy atom. The Labute approximate surface area is 146 Å². The minimum atomic E-state index is -0.162. The molecule has 5 nitrogen and oxygen atoms in total. The van der Waals surface area contributed by atoms with E-state index in [1.807, 2.05) is 12.1 Å². The maximum absolute atomic E-state index is 12.2. The molecule has 0 aromatic heterocycles. The maximum atomic E-state index is 12.2. The van der Waals surface area contributed by atoms with Gasteiger partial charge in [-0.1, -0.05) is 6.42 Å². The Bertz CT molecular complexity index is 816. The van der Waals surface area contributed by atoms with Crippen LogP contribution in [0.25, 0.3) is 0 Å². The van der Waals surface area contributed by atoms with Crippen LogP contribution in [0.5, 0.6) is 5.75 Å². The average molecular weight is 334 g/mol.